The molecule has 0 aliphatic rings. The third kappa shape index (κ3) is 3.06. The van der Waals surface area contributed by atoms with Gasteiger partial charge in [0.15, 0.2) is 0 Å². The lowest BCUT2D eigenvalue weighted by Gasteiger charge is -2.30. The van der Waals surface area contributed by atoms with Gasteiger partial charge in [0, 0.05) is 25.2 Å². The van der Waals surface area contributed by atoms with Crippen molar-refractivity contribution in [3.63, 3.8) is 0 Å². The van der Waals surface area contributed by atoms with Crippen LogP contribution in [0.5, 0.6) is 0 Å². The summed E-state index contributed by atoms with van der Waals surface area (Å²) in [7, 11) is 0. The molecule has 5 nitrogen and oxygen atoms in total. The average molecular weight is 224 g/mol. The van der Waals surface area contributed by atoms with Gasteiger partial charge < -0.3 is 15.6 Å². The van der Waals surface area contributed by atoms with Gasteiger partial charge in [0.2, 0.25) is 0 Å². The fraction of sp³-hybridized carbons (Fsp3) is 0.636. The molecule has 1 aromatic rings. The molecule has 0 fully saturated rings. The lowest BCUT2D eigenvalue weighted by atomic mass is 10.1. The van der Waals surface area contributed by atoms with Gasteiger partial charge in [0.05, 0.1) is 6.33 Å². The summed E-state index contributed by atoms with van der Waals surface area (Å²) < 4.78 is 0. The number of H-pyrrole nitrogens is 1. The molecule has 0 spiro atoms. The fourth-order valence-corrected chi connectivity index (χ4v) is 1.87. The van der Waals surface area contributed by atoms with E-state index < -0.39 is 0 Å². The summed E-state index contributed by atoms with van der Waals surface area (Å²) in [5, 5.41) is 0. The summed E-state index contributed by atoms with van der Waals surface area (Å²) in [6, 6.07) is 1.91. The molecule has 0 atom stereocenters. The van der Waals surface area contributed by atoms with E-state index in [1.165, 1.54) is 12.4 Å². The lowest BCUT2D eigenvalue weighted by molar-refractivity contribution is 0.553. The first-order chi connectivity index (χ1) is 7.72. The second kappa shape index (κ2) is 6.27. The van der Waals surface area contributed by atoms with E-state index in [0.29, 0.717) is 18.4 Å². The van der Waals surface area contributed by atoms with Gasteiger partial charge in [-0.05, 0) is 12.8 Å². The van der Waals surface area contributed by atoms with Gasteiger partial charge in [-0.1, -0.05) is 13.8 Å². The van der Waals surface area contributed by atoms with E-state index in [0.717, 1.165) is 19.4 Å². The fourth-order valence-electron chi connectivity index (χ4n) is 1.87. The highest BCUT2D eigenvalue weighted by atomic mass is 16.1. The molecule has 0 saturated heterocycles. The number of hydrogen-bond donors (Lipinski definition) is 2. The number of nitrogens with two attached hydrogens (primary N) is 1. The zero-order chi connectivity index (χ0) is 12.0. The van der Waals surface area contributed by atoms with Gasteiger partial charge in [-0.3, -0.25) is 4.79 Å². The van der Waals surface area contributed by atoms with Crippen LogP contribution in [-0.2, 0) is 0 Å². The predicted molar refractivity (Wildman–Crippen MR) is 65.6 cm³/mol. The monoisotopic (exact) mass is 224 g/mol. The van der Waals surface area contributed by atoms with Crippen LogP contribution in [0.4, 0.5) is 5.82 Å². The normalized spacial score (nSPS) is 10.8. The smallest absolute Gasteiger partial charge is 0.252 e. The number of rotatable bonds is 6. The van der Waals surface area contributed by atoms with Crippen LogP contribution in [0.25, 0.3) is 0 Å². The van der Waals surface area contributed by atoms with Crippen LogP contribution in [0.15, 0.2) is 17.2 Å². The van der Waals surface area contributed by atoms with Crippen LogP contribution in [0, 0.1) is 0 Å². The first-order valence-electron chi connectivity index (χ1n) is 5.74. The molecule has 16 heavy (non-hydrogen) atoms. The first kappa shape index (κ1) is 12.7. The summed E-state index contributed by atoms with van der Waals surface area (Å²) in [5.74, 6) is 0.711. The van der Waals surface area contributed by atoms with E-state index in [9.17, 15) is 4.79 Å². The molecule has 1 rings (SSSR count). The summed E-state index contributed by atoms with van der Waals surface area (Å²) >= 11 is 0. The SMILES string of the molecule is CCC(CC)N(CCN)c1cc(=O)[nH]cn1. The van der Waals surface area contributed by atoms with Crippen molar-refractivity contribution in [2.75, 3.05) is 18.0 Å². The van der Waals surface area contributed by atoms with Gasteiger partial charge in [-0.15, -0.1) is 0 Å². The molecule has 0 aromatic carbocycles. The maximum absolute atomic E-state index is 11.2. The zero-order valence-corrected chi connectivity index (χ0v) is 9.94. The number of aromatic amines is 1. The molecule has 0 aliphatic carbocycles. The minimum atomic E-state index is -0.127. The van der Waals surface area contributed by atoms with Crippen molar-refractivity contribution >= 4 is 5.82 Å². The lowest BCUT2D eigenvalue weighted by Crippen LogP contribution is -2.39. The van der Waals surface area contributed by atoms with Crippen LogP contribution in [0.2, 0.25) is 0 Å². The molecule has 90 valence electrons. The van der Waals surface area contributed by atoms with Crippen molar-refractivity contribution in [2.45, 2.75) is 32.7 Å². The number of hydrogen-bond acceptors (Lipinski definition) is 4. The van der Waals surface area contributed by atoms with Crippen LogP contribution in [0.3, 0.4) is 0 Å². The van der Waals surface area contributed by atoms with Crippen molar-refractivity contribution in [2.24, 2.45) is 5.73 Å². The number of nitrogens with one attached hydrogen (secondary N) is 1. The first-order valence-corrected chi connectivity index (χ1v) is 5.74. The minimum absolute atomic E-state index is 0.127. The summed E-state index contributed by atoms with van der Waals surface area (Å²) in [4.78, 5) is 20.1. The predicted octanol–water partition coefficient (Wildman–Crippen LogP) is 0.724. The highest BCUT2D eigenvalue weighted by molar-refractivity contribution is 5.37. The second-order valence-corrected chi connectivity index (χ2v) is 3.72. The maximum atomic E-state index is 11.2. The Kier molecular flexibility index (Phi) is 4.98. The summed E-state index contributed by atoms with van der Waals surface area (Å²) in [5.41, 5.74) is 5.47. The Labute approximate surface area is 95.7 Å². The average Bonchev–Trinajstić information content (AvgIpc) is 2.29. The largest absolute Gasteiger partial charge is 0.352 e. The minimum Gasteiger partial charge on any atom is -0.352 e. The van der Waals surface area contributed by atoms with Crippen molar-refractivity contribution < 1.29 is 0 Å². The summed E-state index contributed by atoms with van der Waals surface area (Å²) in [6.45, 7) is 5.55. The highest BCUT2D eigenvalue weighted by Gasteiger charge is 2.16. The molecule has 0 bridgehead atoms. The Balaban J connectivity index is 2.96. The maximum Gasteiger partial charge on any atom is 0.252 e. The van der Waals surface area contributed by atoms with Crippen molar-refractivity contribution in [1.82, 2.24) is 9.97 Å². The van der Waals surface area contributed by atoms with E-state index >= 15 is 0 Å². The molecule has 0 amide bonds. The van der Waals surface area contributed by atoms with Crippen LogP contribution in [-0.4, -0.2) is 29.1 Å². The Morgan fingerprint density at radius 3 is 2.69 bits per heavy atom. The van der Waals surface area contributed by atoms with Crippen LogP contribution >= 0.6 is 0 Å². The standard InChI is InChI=1S/C11H20N4O/c1-3-9(4-2)15(6-5-12)10-7-11(16)14-8-13-10/h7-9H,3-6,12H2,1-2H3,(H,13,14,16). The Hall–Kier alpha value is -1.36. The van der Waals surface area contributed by atoms with Gasteiger partial charge >= 0.3 is 0 Å². The zero-order valence-electron chi connectivity index (χ0n) is 9.94. The van der Waals surface area contributed by atoms with Crippen LogP contribution < -0.4 is 16.2 Å². The third-order valence-electron chi connectivity index (χ3n) is 2.71. The Morgan fingerprint density at radius 1 is 1.50 bits per heavy atom. The molecule has 5 heteroatoms. The van der Waals surface area contributed by atoms with Crippen molar-refractivity contribution in [3.05, 3.63) is 22.7 Å². The van der Waals surface area contributed by atoms with Gasteiger partial charge in [0.1, 0.15) is 5.82 Å². The molecular formula is C11H20N4O. The van der Waals surface area contributed by atoms with E-state index in [2.05, 4.69) is 28.7 Å². The van der Waals surface area contributed by atoms with Gasteiger partial charge in [0.25, 0.3) is 5.56 Å². The van der Waals surface area contributed by atoms with Crippen LogP contribution in [0.1, 0.15) is 26.7 Å². The Morgan fingerprint density at radius 2 is 2.19 bits per heavy atom. The molecule has 0 aliphatic heterocycles. The van der Waals surface area contributed by atoms with E-state index in [1.807, 2.05) is 0 Å². The quantitative estimate of drug-likeness (QED) is 0.746. The van der Waals surface area contributed by atoms with Gasteiger partial charge in [-0.25, -0.2) is 4.98 Å². The number of nitrogens with zero attached hydrogens (tertiary/aromatic N) is 2. The van der Waals surface area contributed by atoms with Gasteiger partial charge in [-0.2, -0.15) is 0 Å². The Bertz CT molecular complexity index is 359. The molecule has 1 aromatic heterocycles. The van der Waals surface area contributed by atoms with Crippen molar-refractivity contribution in [3.8, 4) is 0 Å². The summed E-state index contributed by atoms with van der Waals surface area (Å²) in [6.07, 6.45) is 3.47. The van der Waals surface area contributed by atoms with E-state index in [1.54, 1.807) is 0 Å². The molecular weight excluding hydrogens is 204 g/mol. The molecule has 0 unspecified atom stereocenters. The van der Waals surface area contributed by atoms with Crippen molar-refractivity contribution in [1.29, 1.82) is 0 Å². The number of aromatic nitrogens is 2. The third-order valence-corrected chi connectivity index (χ3v) is 2.71. The molecule has 3 N–H and O–H groups in total. The highest BCUT2D eigenvalue weighted by Crippen LogP contribution is 2.15. The molecule has 1 heterocycles. The topological polar surface area (TPSA) is 75.0 Å². The van der Waals surface area contributed by atoms with E-state index in [4.69, 9.17) is 5.73 Å². The number of anilines is 1. The molecule has 0 saturated carbocycles. The molecule has 0 radical (unpaired) electrons. The van der Waals surface area contributed by atoms with E-state index in [-0.39, 0.29) is 5.56 Å². The second-order valence-electron chi connectivity index (χ2n) is 3.72.